The summed E-state index contributed by atoms with van der Waals surface area (Å²) in [5.74, 6) is -1.44. The van der Waals surface area contributed by atoms with Crippen molar-refractivity contribution in [1.29, 1.82) is 0 Å². The van der Waals surface area contributed by atoms with Crippen molar-refractivity contribution in [2.75, 3.05) is 0 Å². The number of nitrogens with two attached hydrogens (primary N) is 1. The second kappa shape index (κ2) is 8.56. The molecule has 0 amide bonds. The molecule has 0 radical (unpaired) electrons. The van der Waals surface area contributed by atoms with Crippen molar-refractivity contribution < 1.29 is 19.1 Å². The summed E-state index contributed by atoms with van der Waals surface area (Å²) < 4.78 is 5.03. The zero-order valence-electron chi connectivity index (χ0n) is 14.8. The van der Waals surface area contributed by atoms with Crippen LogP contribution in [0.3, 0.4) is 0 Å². The summed E-state index contributed by atoms with van der Waals surface area (Å²) in [5, 5.41) is 0. The molecular formula is C22H21NO4. The minimum atomic E-state index is -0.866. The SMILES string of the molecule is NC(Cc1ccccc1)C(=O)OC=C1C(=O)CC(c2ccccc2)CC1=O. The minimum absolute atomic E-state index is 0.0672. The van der Waals surface area contributed by atoms with Gasteiger partial charge in [0.2, 0.25) is 0 Å². The van der Waals surface area contributed by atoms with Gasteiger partial charge in [0, 0.05) is 12.8 Å². The number of ether oxygens (including phenoxy) is 1. The molecule has 2 N–H and O–H groups in total. The summed E-state index contributed by atoms with van der Waals surface area (Å²) in [6, 6.07) is 17.9. The highest BCUT2D eigenvalue weighted by Gasteiger charge is 2.32. The fraction of sp³-hybridized carbons (Fsp3) is 0.227. The van der Waals surface area contributed by atoms with Crippen molar-refractivity contribution >= 4 is 17.5 Å². The Balaban J connectivity index is 1.61. The molecule has 0 spiro atoms. The summed E-state index contributed by atoms with van der Waals surface area (Å²) in [7, 11) is 0. The molecule has 0 aliphatic heterocycles. The van der Waals surface area contributed by atoms with Gasteiger partial charge in [-0.2, -0.15) is 0 Å². The average Bonchev–Trinajstić information content (AvgIpc) is 2.68. The summed E-state index contributed by atoms with van der Waals surface area (Å²) in [6.07, 6.45) is 1.73. The molecule has 5 heteroatoms. The molecule has 2 aromatic carbocycles. The lowest BCUT2D eigenvalue weighted by molar-refractivity contribution is -0.139. The maximum atomic E-state index is 12.4. The lowest BCUT2D eigenvalue weighted by Crippen LogP contribution is -2.34. The third-order valence-electron chi connectivity index (χ3n) is 4.63. The Morgan fingerprint density at radius 3 is 2.15 bits per heavy atom. The quantitative estimate of drug-likeness (QED) is 0.382. The number of Topliss-reactive ketones (excluding diaryl/α,β-unsaturated/α-hetero) is 2. The standard InChI is InChI=1S/C22H21NO4/c23-19(11-15-7-3-1-4-8-15)22(26)27-14-18-20(24)12-17(13-21(18)25)16-9-5-2-6-10-16/h1-10,14,17,19H,11-13,23H2. The van der Waals surface area contributed by atoms with Gasteiger partial charge in [0.05, 0.1) is 5.57 Å². The molecule has 0 bridgehead atoms. The zero-order valence-corrected chi connectivity index (χ0v) is 14.8. The predicted octanol–water partition coefficient (Wildman–Crippen LogP) is 2.70. The molecule has 27 heavy (non-hydrogen) atoms. The monoisotopic (exact) mass is 363 g/mol. The highest BCUT2D eigenvalue weighted by Crippen LogP contribution is 2.31. The largest absolute Gasteiger partial charge is 0.432 e. The van der Waals surface area contributed by atoms with E-state index in [1.165, 1.54) is 0 Å². The van der Waals surface area contributed by atoms with Gasteiger partial charge in [0.1, 0.15) is 12.3 Å². The van der Waals surface area contributed by atoms with Crippen LogP contribution < -0.4 is 5.73 Å². The summed E-state index contributed by atoms with van der Waals surface area (Å²) in [6.45, 7) is 0. The van der Waals surface area contributed by atoms with Crippen LogP contribution in [0.5, 0.6) is 0 Å². The molecule has 1 fully saturated rings. The van der Waals surface area contributed by atoms with Crippen LogP contribution in [-0.2, 0) is 25.5 Å². The van der Waals surface area contributed by atoms with E-state index in [-0.39, 0.29) is 35.9 Å². The van der Waals surface area contributed by atoms with Gasteiger partial charge in [0.15, 0.2) is 11.6 Å². The van der Waals surface area contributed by atoms with Crippen molar-refractivity contribution in [3.05, 3.63) is 83.6 Å². The number of carbonyl (C=O) groups is 3. The second-order valence-corrected chi connectivity index (χ2v) is 6.63. The molecule has 1 saturated carbocycles. The first-order valence-electron chi connectivity index (χ1n) is 8.86. The number of benzene rings is 2. The molecule has 0 heterocycles. The van der Waals surface area contributed by atoms with E-state index in [9.17, 15) is 14.4 Å². The lowest BCUT2D eigenvalue weighted by atomic mass is 9.80. The number of allylic oxidation sites excluding steroid dienone is 1. The van der Waals surface area contributed by atoms with Gasteiger partial charge in [-0.1, -0.05) is 60.7 Å². The Morgan fingerprint density at radius 2 is 1.56 bits per heavy atom. The number of hydrogen-bond acceptors (Lipinski definition) is 5. The predicted molar refractivity (Wildman–Crippen MR) is 101 cm³/mol. The van der Waals surface area contributed by atoms with Crippen LogP contribution in [0, 0.1) is 0 Å². The third kappa shape index (κ3) is 4.77. The van der Waals surface area contributed by atoms with E-state index < -0.39 is 12.0 Å². The minimum Gasteiger partial charge on any atom is -0.432 e. The van der Waals surface area contributed by atoms with Crippen LogP contribution in [0.2, 0.25) is 0 Å². The Morgan fingerprint density at radius 1 is 1.00 bits per heavy atom. The van der Waals surface area contributed by atoms with E-state index in [4.69, 9.17) is 10.5 Å². The third-order valence-corrected chi connectivity index (χ3v) is 4.63. The molecule has 1 aliphatic rings. The van der Waals surface area contributed by atoms with E-state index in [2.05, 4.69) is 0 Å². The molecule has 138 valence electrons. The topological polar surface area (TPSA) is 86.5 Å². The van der Waals surface area contributed by atoms with Gasteiger partial charge < -0.3 is 10.5 Å². The number of esters is 1. The van der Waals surface area contributed by atoms with E-state index in [1.807, 2.05) is 60.7 Å². The van der Waals surface area contributed by atoms with Crippen LogP contribution in [-0.4, -0.2) is 23.6 Å². The van der Waals surface area contributed by atoms with Crippen LogP contribution in [0.25, 0.3) is 0 Å². The summed E-state index contributed by atoms with van der Waals surface area (Å²) in [4.78, 5) is 36.8. The van der Waals surface area contributed by atoms with Crippen LogP contribution in [0.4, 0.5) is 0 Å². The Hall–Kier alpha value is -3.05. The fourth-order valence-electron chi connectivity index (χ4n) is 3.14. The number of hydrogen-bond donors (Lipinski definition) is 1. The van der Waals surface area contributed by atoms with Crippen LogP contribution in [0.15, 0.2) is 72.5 Å². The van der Waals surface area contributed by atoms with E-state index in [0.717, 1.165) is 17.4 Å². The van der Waals surface area contributed by atoms with Gasteiger partial charge in [-0.25, -0.2) is 4.79 Å². The first kappa shape index (κ1) is 18.7. The Labute approximate surface area is 157 Å². The smallest absolute Gasteiger partial charge is 0.328 e. The Bertz CT molecular complexity index is 838. The van der Waals surface area contributed by atoms with Gasteiger partial charge in [-0.15, -0.1) is 0 Å². The van der Waals surface area contributed by atoms with Gasteiger partial charge in [-0.3, -0.25) is 9.59 Å². The second-order valence-electron chi connectivity index (χ2n) is 6.63. The van der Waals surface area contributed by atoms with Crippen LogP contribution in [0.1, 0.15) is 29.9 Å². The van der Waals surface area contributed by atoms with Crippen molar-refractivity contribution in [3.8, 4) is 0 Å². The number of ketones is 2. The first-order valence-corrected chi connectivity index (χ1v) is 8.86. The van der Waals surface area contributed by atoms with Crippen molar-refractivity contribution in [1.82, 2.24) is 0 Å². The molecule has 2 aromatic rings. The molecule has 0 saturated heterocycles. The fourth-order valence-corrected chi connectivity index (χ4v) is 3.14. The van der Waals surface area contributed by atoms with Crippen molar-refractivity contribution in [3.63, 3.8) is 0 Å². The highest BCUT2D eigenvalue weighted by atomic mass is 16.5. The van der Waals surface area contributed by atoms with Crippen LogP contribution >= 0.6 is 0 Å². The molecule has 1 aliphatic carbocycles. The molecule has 3 rings (SSSR count). The average molecular weight is 363 g/mol. The lowest BCUT2D eigenvalue weighted by Gasteiger charge is -2.22. The molecule has 5 nitrogen and oxygen atoms in total. The maximum Gasteiger partial charge on any atom is 0.328 e. The van der Waals surface area contributed by atoms with Crippen molar-refractivity contribution in [2.45, 2.75) is 31.2 Å². The molecule has 0 aromatic heterocycles. The summed E-state index contributed by atoms with van der Waals surface area (Å²) in [5.41, 5.74) is 7.66. The summed E-state index contributed by atoms with van der Waals surface area (Å²) >= 11 is 0. The number of carbonyl (C=O) groups excluding carboxylic acids is 3. The molecular weight excluding hydrogens is 342 g/mol. The van der Waals surface area contributed by atoms with E-state index in [0.29, 0.717) is 6.42 Å². The van der Waals surface area contributed by atoms with E-state index >= 15 is 0 Å². The van der Waals surface area contributed by atoms with E-state index in [1.54, 1.807) is 0 Å². The first-order chi connectivity index (χ1) is 13.0. The normalized spacial score (nSPS) is 18.1. The van der Waals surface area contributed by atoms with Gasteiger partial charge >= 0.3 is 5.97 Å². The van der Waals surface area contributed by atoms with Gasteiger partial charge in [-0.05, 0) is 23.5 Å². The molecule has 1 atom stereocenters. The maximum absolute atomic E-state index is 12.4. The number of rotatable bonds is 5. The van der Waals surface area contributed by atoms with Crippen molar-refractivity contribution in [2.24, 2.45) is 5.73 Å². The highest BCUT2D eigenvalue weighted by molar-refractivity contribution is 6.22. The zero-order chi connectivity index (χ0) is 19.2. The Kier molecular flexibility index (Phi) is 5.94. The van der Waals surface area contributed by atoms with Gasteiger partial charge in [0.25, 0.3) is 0 Å². The molecule has 1 unspecified atom stereocenters.